The molecule has 0 aromatic heterocycles. The van der Waals surface area contributed by atoms with Crippen LogP contribution >= 0.6 is 26.6 Å². The summed E-state index contributed by atoms with van der Waals surface area (Å²) >= 11 is 2.85. The van der Waals surface area contributed by atoms with Crippen molar-refractivity contribution in [1.82, 2.24) is 0 Å². The maximum absolute atomic E-state index is 10.1. The molecule has 48 valence electrons. The normalized spacial score (nSPS) is 11.2. The van der Waals surface area contributed by atoms with Crippen LogP contribution < -0.4 is 0 Å². The molecule has 0 unspecified atom stereocenters. The summed E-state index contributed by atoms with van der Waals surface area (Å²) in [7, 11) is 1.41. The van der Waals surface area contributed by atoms with Crippen LogP contribution in [-0.4, -0.2) is 14.2 Å². The second-order valence-corrected chi connectivity index (χ2v) is 5.10. The van der Waals surface area contributed by atoms with Crippen LogP contribution in [0.4, 0.5) is 0 Å². The van der Waals surface area contributed by atoms with Crippen LogP contribution in [0.25, 0.3) is 0 Å². The van der Waals surface area contributed by atoms with Crippen molar-refractivity contribution >= 4 is 35.7 Å². The van der Waals surface area contributed by atoms with E-state index in [2.05, 4.69) is 22.5 Å². The Morgan fingerprint density at radius 1 is 1.75 bits per heavy atom. The van der Waals surface area contributed by atoms with Crippen molar-refractivity contribution < 1.29 is 8.42 Å². The SMILES string of the molecule is C=C(Br)CS(=O)(=O)Cl. The van der Waals surface area contributed by atoms with Crippen LogP contribution in [0.5, 0.6) is 0 Å². The molecule has 0 spiro atoms. The fraction of sp³-hybridized carbons (Fsp3) is 0.333. The maximum atomic E-state index is 10.1. The third-order valence-corrected chi connectivity index (χ3v) is 2.00. The van der Waals surface area contributed by atoms with Gasteiger partial charge in [-0.3, -0.25) is 0 Å². The standard InChI is InChI=1S/C3H4BrClO2S/c1-3(4)2-8(5,6)7/h1-2H2. The summed E-state index contributed by atoms with van der Waals surface area (Å²) in [6, 6.07) is 0. The summed E-state index contributed by atoms with van der Waals surface area (Å²) in [4.78, 5) is 0. The van der Waals surface area contributed by atoms with Crippen LogP contribution in [0.2, 0.25) is 0 Å². The van der Waals surface area contributed by atoms with Gasteiger partial charge in [-0.2, -0.15) is 0 Å². The molecule has 0 aliphatic heterocycles. The highest BCUT2D eigenvalue weighted by Gasteiger charge is 2.03. The molecular weight excluding hydrogens is 215 g/mol. The minimum Gasteiger partial charge on any atom is -0.212 e. The Bertz CT molecular complexity index is 183. The zero-order valence-corrected chi connectivity index (χ0v) is 7.05. The molecule has 2 nitrogen and oxygen atoms in total. The van der Waals surface area contributed by atoms with E-state index in [0.29, 0.717) is 4.48 Å². The molecule has 0 aliphatic carbocycles. The predicted molar refractivity (Wildman–Crippen MR) is 37.7 cm³/mol. The van der Waals surface area contributed by atoms with E-state index in [9.17, 15) is 8.42 Å². The van der Waals surface area contributed by atoms with Crippen molar-refractivity contribution in [1.29, 1.82) is 0 Å². The van der Waals surface area contributed by atoms with Gasteiger partial charge in [-0.25, -0.2) is 8.42 Å². The highest BCUT2D eigenvalue weighted by Crippen LogP contribution is 2.07. The Labute approximate surface area is 61.1 Å². The zero-order valence-electron chi connectivity index (χ0n) is 3.89. The Morgan fingerprint density at radius 2 is 2.12 bits per heavy atom. The lowest BCUT2D eigenvalue weighted by atomic mass is 10.8. The molecular formula is C3H4BrClO2S. The lowest BCUT2D eigenvalue weighted by Crippen LogP contribution is -1.94. The van der Waals surface area contributed by atoms with E-state index in [0.717, 1.165) is 0 Å². The van der Waals surface area contributed by atoms with Gasteiger partial charge < -0.3 is 0 Å². The molecule has 0 saturated heterocycles. The molecule has 0 amide bonds. The van der Waals surface area contributed by atoms with E-state index in [1.807, 2.05) is 0 Å². The van der Waals surface area contributed by atoms with Crippen molar-refractivity contribution in [2.45, 2.75) is 0 Å². The Balaban J connectivity index is 3.95. The Morgan fingerprint density at radius 3 is 2.12 bits per heavy atom. The maximum Gasteiger partial charge on any atom is 0.237 e. The van der Waals surface area contributed by atoms with Crippen molar-refractivity contribution in [3.63, 3.8) is 0 Å². The van der Waals surface area contributed by atoms with Crippen molar-refractivity contribution in [2.24, 2.45) is 0 Å². The summed E-state index contributed by atoms with van der Waals surface area (Å²) in [5.41, 5.74) is 0. The van der Waals surface area contributed by atoms with Gasteiger partial charge in [0.15, 0.2) is 0 Å². The topological polar surface area (TPSA) is 34.1 Å². The van der Waals surface area contributed by atoms with Crippen LogP contribution in [0.15, 0.2) is 11.1 Å². The molecule has 0 aromatic carbocycles. The highest BCUT2D eigenvalue weighted by atomic mass is 79.9. The van der Waals surface area contributed by atoms with Gasteiger partial charge in [0.05, 0.1) is 5.75 Å². The van der Waals surface area contributed by atoms with E-state index < -0.39 is 9.05 Å². The summed E-state index contributed by atoms with van der Waals surface area (Å²) in [6.45, 7) is 3.29. The van der Waals surface area contributed by atoms with Crippen LogP contribution in [0.3, 0.4) is 0 Å². The molecule has 0 aliphatic rings. The molecule has 0 saturated carbocycles. The molecule has 5 heteroatoms. The fourth-order valence-corrected chi connectivity index (χ4v) is 2.26. The van der Waals surface area contributed by atoms with E-state index in [1.165, 1.54) is 0 Å². The lowest BCUT2D eigenvalue weighted by Gasteiger charge is -1.87. The quantitative estimate of drug-likeness (QED) is 0.659. The van der Waals surface area contributed by atoms with Crippen molar-refractivity contribution in [3.05, 3.63) is 11.1 Å². The molecule has 0 atom stereocenters. The van der Waals surface area contributed by atoms with E-state index >= 15 is 0 Å². The van der Waals surface area contributed by atoms with Gasteiger partial charge >= 0.3 is 0 Å². The van der Waals surface area contributed by atoms with Gasteiger partial charge in [-0.05, 0) is 0 Å². The Kier molecular flexibility index (Phi) is 3.01. The molecule has 0 heterocycles. The van der Waals surface area contributed by atoms with E-state index in [1.54, 1.807) is 0 Å². The Hall–Kier alpha value is 0.460. The third-order valence-electron chi connectivity index (χ3n) is 0.329. The number of halogens is 2. The average Bonchev–Trinajstić information content (AvgIpc) is 1.21. The van der Waals surface area contributed by atoms with Gasteiger partial charge in [0.1, 0.15) is 0 Å². The highest BCUT2D eigenvalue weighted by molar-refractivity contribution is 9.11. The largest absolute Gasteiger partial charge is 0.237 e. The summed E-state index contributed by atoms with van der Waals surface area (Å²) in [6.07, 6.45) is 0. The minimum absolute atomic E-state index is 0.214. The summed E-state index contributed by atoms with van der Waals surface area (Å²) < 4.78 is 20.6. The molecule has 0 radical (unpaired) electrons. The van der Waals surface area contributed by atoms with Gasteiger partial charge in [-0.1, -0.05) is 22.5 Å². The third kappa shape index (κ3) is 6.46. The average molecular weight is 219 g/mol. The molecule has 0 aromatic rings. The lowest BCUT2D eigenvalue weighted by molar-refractivity contribution is 0.612. The predicted octanol–water partition coefficient (Wildman–Crippen LogP) is 1.46. The molecule has 0 fully saturated rings. The second kappa shape index (κ2) is 2.85. The van der Waals surface area contributed by atoms with E-state index in [-0.39, 0.29) is 5.75 Å². The van der Waals surface area contributed by atoms with E-state index in [4.69, 9.17) is 10.7 Å². The monoisotopic (exact) mass is 218 g/mol. The van der Waals surface area contributed by atoms with Gasteiger partial charge in [-0.15, -0.1) is 0 Å². The summed E-state index contributed by atoms with van der Waals surface area (Å²) in [5.74, 6) is -0.214. The van der Waals surface area contributed by atoms with Gasteiger partial charge in [0.25, 0.3) is 0 Å². The second-order valence-electron chi connectivity index (χ2n) is 1.20. The number of hydrogen-bond donors (Lipinski definition) is 0. The first-order chi connectivity index (χ1) is 3.42. The van der Waals surface area contributed by atoms with Crippen molar-refractivity contribution in [2.75, 3.05) is 5.75 Å². The number of hydrogen-bond acceptors (Lipinski definition) is 2. The van der Waals surface area contributed by atoms with Crippen LogP contribution in [0, 0.1) is 0 Å². The number of rotatable bonds is 2. The van der Waals surface area contributed by atoms with Crippen LogP contribution in [0.1, 0.15) is 0 Å². The van der Waals surface area contributed by atoms with Gasteiger partial charge in [0.2, 0.25) is 9.05 Å². The van der Waals surface area contributed by atoms with Crippen molar-refractivity contribution in [3.8, 4) is 0 Å². The zero-order chi connectivity index (χ0) is 6.78. The van der Waals surface area contributed by atoms with Crippen LogP contribution in [-0.2, 0) is 9.05 Å². The molecule has 0 N–H and O–H groups in total. The first-order valence-electron chi connectivity index (χ1n) is 1.67. The molecule has 8 heavy (non-hydrogen) atoms. The fourth-order valence-electron chi connectivity index (χ4n) is 0.187. The van der Waals surface area contributed by atoms with Gasteiger partial charge in [0, 0.05) is 15.2 Å². The molecule has 0 bridgehead atoms. The summed E-state index contributed by atoms with van der Waals surface area (Å²) in [5, 5.41) is 0. The minimum atomic E-state index is -3.40. The first-order valence-corrected chi connectivity index (χ1v) is 4.94. The first kappa shape index (κ1) is 8.46. The molecule has 0 rings (SSSR count). The smallest absolute Gasteiger partial charge is 0.212 e.